The van der Waals surface area contributed by atoms with E-state index >= 15 is 0 Å². The molecule has 2 aromatic rings. The second-order valence-corrected chi connectivity index (χ2v) is 5.28. The van der Waals surface area contributed by atoms with E-state index in [0.29, 0.717) is 11.6 Å². The average molecular weight is 273 g/mol. The van der Waals surface area contributed by atoms with Crippen molar-refractivity contribution in [2.24, 2.45) is 5.92 Å². The SMILES string of the molecule is Cc1cccc(N)c1-c1nnnn1CCC1CCOC1. The van der Waals surface area contributed by atoms with Gasteiger partial charge in [-0.15, -0.1) is 5.10 Å². The molecule has 0 amide bonds. The fourth-order valence-corrected chi connectivity index (χ4v) is 2.65. The molecule has 0 bridgehead atoms. The Morgan fingerprint density at radius 1 is 1.45 bits per heavy atom. The van der Waals surface area contributed by atoms with Crippen molar-refractivity contribution in [2.75, 3.05) is 18.9 Å². The van der Waals surface area contributed by atoms with E-state index in [0.717, 1.165) is 49.6 Å². The number of aromatic nitrogens is 4. The standard InChI is InChI=1S/C14H19N5O/c1-10-3-2-4-12(15)13(10)14-16-17-18-19(14)7-5-11-6-8-20-9-11/h2-4,11H,5-9,15H2,1H3. The van der Waals surface area contributed by atoms with Crippen molar-refractivity contribution in [3.63, 3.8) is 0 Å². The second-order valence-electron chi connectivity index (χ2n) is 5.28. The first-order chi connectivity index (χ1) is 9.75. The van der Waals surface area contributed by atoms with Crippen molar-refractivity contribution in [3.05, 3.63) is 23.8 Å². The summed E-state index contributed by atoms with van der Waals surface area (Å²) in [5.74, 6) is 1.36. The zero-order valence-corrected chi connectivity index (χ0v) is 11.6. The van der Waals surface area contributed by atoms with Crippen molar-refractivity contribution < 1.29 is 4.74 Å². The molecule has 1 unspecified atom stereocenters. The summed E-state index contributed by atoms with van der Waals surface area (Å²) < 4.78 is 7.24. The number of hydrogen-bond donors (Lipinski definition) is 1. The molecule has 106 valence electrons. The molecule has 0 spiro atoms. The number of nitrogens with zero attached hydrogens (tertiary/aromatic N) is 4. The van der Waals surface area contributed by atoms with Gasteiger partial charge in [-0.3, -0.25) is 0 Å². The maximum Gasteiger partial charge on any atom is 0.184 e. The number of aryl methyl sites for hydroxylation is 2. The smallest absolute Gasteiger partial charge is 0.184 e. The molecule has 0 aliphatic carbocycles. The molecule has 1 fully saturated rings. The molecule has 1 atom stereocenters. The molecule has 2 heterocycles. The van der Waals surface area contributed by atoms with E-state index in [2.05, 4.69) is 15.5 Å². The van der Waals surface area contributed by atoms with Crippen LogP contribution in [0.2, 0.25) is 0 Å². The predicted octanol–water partition coefficient (Wildman–Crippen LogP) is 1.66. The van der Waals surface area contributed by atoms with Gasteiger partial charge in [0, 0.05) is 31.0 Å². The van der Waals surface area contributed by atoms with Crippen LogP contribution < -0.4 is 5.73 Å². The molecule has 6 nitrogen and oxygen atoms in total. The van der Waals surface area contributed by atoms with Gasteiger partial charge in [-0.25, -0.2) is 4.68 Å². The third-order valence-electron chi connectivity index (χ3n) is 3.83. The molecule has 20 heavy (non-hydrogen) atoms. The van der Waals surface area contributed by atoms with Crippen LogP contribution in [0.4, 0.5) is 5.69 Å². The molecule has 3 rings (SSSR count). The van der Waals surface area contributed by atoms with Crippen molar-refractivity contribution in [2.45, 2.75) is 26.3 Å². The van der Waals surface area contributed by atoms with Gasteiger partial charge in [-0.2, -0.15) is 0 Å². The van der Waals surface area contributed by atoms with Crippen LogP contribution in [0.5, 0.6) is 0 Å². The lowest BCUT2D eigenvalue weighted by molar-refractivity contribution is 0.183. The Kier molecular flexibility index (Phi) is 3.64. The van der Waals surface area contributed by atoms with Gasteiger partial charge >= 0.3 is 0 Å². The maximum atomic E-state index is 6.07. The van der Waals surface area contributed by atoms with Gasteiger partial charge in [0.2, 0.25) is 0 Å². The van der Waals surface area contributed by atoms with Gasteiger partial charge in [-0.05, 0) is 47.7 Å². The second kappa shape index (κ2) is 5.58. The molecule has 1 aromatic heterocycles. The molecule has 1 aliphatic heterocycles. The Morgan fingerprint density at radius 2 is 2.35 bits per heavy atom. The third-order valence-corrected chi connectivity index (χ3v) is 3.83. The summed E-state index contributed by atoms with van der Waals surface area (Å²) in [6.07, 6.45) is 2.16. The number of tetrazole rings is 1. The lowest BCUT2D eigenvalue weighted by Gasteiger charge is -2.11. The Morgan fingerprint density at radius 3 is 3.10 bits per heavy atom. The summed E-state index contributed by atoms with van der Waals surface area (Å²) in [5.41, 5.74) is 8.80. The highest BCUT2D eigenvalue weighted by Gasteiger charge is 2.18. The monoisotopic (exact) mass is 273 g/mol. The van der Waals surface area contributed by atoms with Crippen molar-refractivity contribution in [3.8, 4) is 11.4 Å². The number of nitrogen functional groups attached to an aromatic ring is 1. The fraction of sp³-hybridized carbons (Fsp3) is 0.500. The van der Waals surface area contributed by atoms with Crippen LogP contribution >= 0.6 is 0 Å². The largest absolute Gasteiger partial charge is 0.398 e. The van der Waals surface area contributed by atoms with Crippen molar-refractivity contribution in [1.82, 2.24) is 20.2 Å². The molecule has 0 radical (unpaired) electrons. The van der Waals surface area contributed by atoms with E-state index in [1.54, 1.807) is 0 Å². The molecule has 1 saturated heterocycles. The predicted molar refractivity (Wildman–Crippen MR) is 75.9 cm³/mol. The Labute approximate surface area is 117 Å². The molecule has 1 aromatic carbocycles. The van der Waals surface area contributed by atoms with Gasteiger partial charge in [0.25, 0.3) is 0 Å². The van der Waals surface area contributed by atoms with Gasteiger partial charge in [0.1, 0.15) is 0 Å². The number of rotatable bonds is 4. The zero-order valence-electron chi connectivity index (χ0n) is 11.6. The van der Waals surface area contributed by atoms with Crippen LogP contribution in [0.15, 0.2) is 18.2 Å². The molecular formula is C14H19N5O. The van der Waals surface area contributed by atoms with Crippen LogP contribution in [-0.2, 0) is 11.3 Å². The minimum Gasteiger partial charge on any atom is -0.398 e. The summed E-state index contributed by atoms with van der Waals surface area (Å²) in [7, 11) is 0. The van der Waals surface area contributed by atoms with Gasteiger partial charge < -0.3 is 10.5 Å². The summed E-state index contributed by atoms with van der Waals surface area (Å²) in [4.78, 5) is 0. The summed E-state index contributed by atoms with van der Waals surface area (Å²) in [5, 5.41) is 12.0. The van der Waals surface area contributed by atoms with Crippen LogP contribution in [0.25, 0.3) is 11.4 Å². The van der Waals surface area contributed by atoms with Crippen molar-refractivity contribution >= 4 is 5.69 Å². The topological polar surface area (TPSA) is 78.9 Å². The van der Waals surface area contributed by atoms with E-state index in [9.17, 15) is 0 Å². The van der Waals surface area contributed by atoms with E-state index in [4.69, 9.17) is 10.5 Å². The van der Waals surface area contributed by atoms with Crippen LogP contribution in [0, 0.1) is 12.8 Å². The first kappa shape index (κ1) is 13.1. The highest BCUT2D eigenvalue weighted by atomic mass is 16.5. The summed E-state index contributed by atoms with van der Waals surface area (Å²) in [6.45, 7) is 4.54. The minimum atomic E-state index is 0.612. The maximum absolute atomic E-state index is 6.07. The third kappa shape index (κ3) is 2.51. The van der Waals surface area contributed by atoms with Gasteiger partial charge in [0.05, 0.1) is 0 Å². The number of nitrogens with two attached hydrogens (primary N) is 1. The first-order valence-electron chi connectivity index (χ1n) is 6.95. The van der Waals surface area contributed by atoms with Crippen molar-refractivity contribution in [1.29, 1.82) is 0 Å². The average Bonchev–Trinajstić information content (AvgIpc) is 3.07. The summed E-state index contributed by atoms with van der Waals surface area (Å²) in [6, 6.07) is 5.85. The first-order valence-corrected chi connectivity index (χ1v) is 6.95. The molecule has 1 aliphatic rings. The van der Waals surface area contributed by atoms with Crippen LogP contribution in [0.1, 0.15) is 18.4 Å². The lowest BCUT2D eigenvalue weighted by Crippen LogP contribution is -2.10. The highest BCUT2D eigenvalue weighted by molar-refractivity contribution is 5.74. The van der Waals surface area contributed by atoms with E-state index in [-0.39, 0.29) is 0 Å². The fourth-order valence-electron chi connectivity index (χ4n) is 2.65. The molecule has 6 heteroatoms. The Balaban J connectivity index is 1.82. The quantitative estimate of drug-likeness (QED) is 0.857. The number of hydrogen-bond acceptors (Lipinski definition) is 5. The minimum absolute atomic E-state index is 0.612. The van der Waals surface area contributed by atoms with Gasteiger partial charge in [0.15, 0.2) is 5.82 Å². The van der Waals surface area contributed by atoms with E-state index < -0.39 is 0 Å². The Bertz CT molecular complexity index is 569. The van der Waals surface area contributed by atoms with Gasteiger partial charge in [-0.1, -0.05) is 12.1 Å². The normalized spacial score (nSPS) is 18.6. The van der Waals surface area contributed by atoms with Crippen LogP contribution in [0.3, 0.4) is 0 Å². The number of benzene rings is 1. The lowest BCUT2D eigenvalue weighted by atomic mass is 10.0. The highest BCUT2D eigenvalue weighted by Crippen LogP contribution is 2.27. The zero-order chi connectivity index (χ0) is 13.9. The van der Waals surface area contributed by atoms with E-state index in [1.807, 2.05) is 29.8 Å². The molecular weight excluding hydrogens is 254 g/mol. The number of ether oxygens (including phenoxy) is 1. The molecule has 2 N–H and O–H groups in total. The van der Waals surface area contributed by atoms with E-state index in [1.165, 1.54) is 0 Å². The van der Waals surface area contributed by atoms with Crippen LogP contribution in [-0.4, -0.2) is 33.4 Å². The molecule has 0 saturated carbocycles. The number of anilines is 1. The Hall–Kier alpha value is -1.95. The summed E-state index contributed by atoms with van der Waals surface area (Å²) >= 11 is 0.